The van der Waals surface area contributed by atoms with Gasteiger partial charge in [-0.05, 0) is 75.8 Å². The fourth-order valence-electron chi connectivity index (χ4n) is 7.42. The summed E-state index contributed by atoms with van der Waals surface area (Å²) in [7, 11) is 4.30. The average Bonchev–Trinajstić information content (AvgIpc) is 3.87. The van der Waals surface area contributed by atoms with Crippen molar-refractivity contribution in [2.45, 2.75) is 0 Å². The summed E-state index contributed by atoms with van der Waals surface area (Å²) in [6.07, 6.45) is 0. The summed E-state index contributed by atoms with van der Waals surface area (Å²) in [4.78, 5) is 0. The molecule has 0 bridgehead atoms. The Morgan fingerprint density at radius 1 is 0.375 bits per heavy atom. The molecule has 2 nitrogen and oxygen atoms in total. The highest BCUT2D eigenvalue weighted by Gasteiger charge is 2.15. The fourth-order valence-corrected chi connectivity index (χ4v) is 10.1. The molecule has 0 fully saturated rings. The summed E-state index contributed by atoms with van der Waals surface area (Å²) in [5.74, 6) is 0. The third-order valence-corrected chi connectivity index (χ3v) is 12.5. The van der Waals surface area contributed by atoms with Crippen LogP contribution >= 0.6 is 22.7 Å². The van der Waals surface area contributed by atoms with Gasteiger partial charge in [-0.3, -0.25) is 0 Å². The highest BCUT2D eigenvalue weighted by molar-refractivity contribution is 7.36. The maximum Gasteiger partial charge on any atom is 0.0542 e. The first kappa shape index (κ1) is 27.7. The number of aryl methyl sites for hydroxylation is 2. The van der Waals surface area contributed by atoms with E-state index in [0.29, 0.717) is 0 Å². The summed E-state index contributed by atoms with van der Waals surface area (Å²) < 4.78 is 10.0. The monoisotopic (exact) mass is 650 g/mol. The zero-order chi connectivity index (χ0) is 31.9. The molecule has 0 spiro atoms. The third-order valence-electron chi connectivity index (χ3n) is 10.0. The van der Waals surface area contributed by atoms with Crippen LogP contribution in [0, 0.1) is 0 Å². The Hall–Kier alpha value is -5.42. The molecular formula is C44H30N2S2. The van der Waals surface area contributed by atoms with E-state index in [1.807, 2.05) is 22.7 Å². The van der Waals surface area contributed by atoms with Gasteiger partial charge in [0.05, 0.1) is 9.40 Å². The summed E-state index contributed by atoms with van der Waals surface area (Å²) in [5.41, 5.74) is 12.5. The van der Waals surface area contributed by atoms with Crippen LogP contribution in [0.15, 0.2) is 146 Å². The first-order valence-corrected chi connectivity index (χ1v) is 17.9. The van der Waals surface area contributed by atoms with Crippen LogP contribution in [0.1, 0.15) is 0 Å². The number of rotatable bonds is 4. The third kappa shape index (κ3) is 4.23. The van der Waals surface area contributed by atoms with Gasteiger partial charge in [-0.2, -0.15) is 0 Å². The van der Waals surface area contributed by atoms with Gasteiger partial charge in [-0.1, -0.05) is 103 Å². The zero-order valence-corrected chi connectivity index (χ0v) is 28.2. The van der Waals surface area contributed by atoms with E-state index < -0.39 is 0 Å². The predicted octanol–water partition coefficient (Wildman–Crippen LogP) is 12.9. The van der Waals surface area contributed by atoms with Crippen LogP contribution < -0.4 is 0 Å². The van der Waals surface area contributed by atoms with Crippen LogP contribution in [0.4, 0.5) is 0 Å². The molecule has 0 unspecified atom stereocenters. The predicted molar refractivity (Wildman–Crippen MR) is 209 cm³/mol. The van der Waals surface area contributed by atoms with E-state index in [2.05, 4.69) is 169 Å². The Bertz CT molecular complexity index is 2840. The summed E-state index contributed by atoms with van der Waals surface area (Å²) in [5, 5.41) is 5.26. The molecule has 0 aliphatic rings. The maximum atomic E-state index is 2.39. The van der Waals surface area contributed by atoms with Crippen LogP contribution in [0.25, 0.3) is 96.1 Å². The molecule has 228 valence electrons. The van der Waals surface area contributed by atoms with Crippen molar-refractivity contribution in [2.75, 3.05) is 0 Å². The summed E-state index contributed by atoms with van der Waals surface area (Å²) in [6, 6.07) is 53.7. The van der Waals surface area contributed by atoms with Crippen molar-refractivity contribution >= 4 is 74.1 Å². The fraction of sp³-hybridized carbons (Fsp3) is 0.0455. The molecular weight excluding hydrogens is 621 g/mol. The van der Waals surface area contributed by atoms with Crippen LogP contribution in [0.2, 0.25) is 0 Å². The van der Waals surface area contributed by atoms with Gasteiger partial charge in [0.1, 0.15) is 0 Å². The number of hydrogen-bond acceptors (Lipinski definition) is 2. The van der Waals surface area contributed by atoms with Gasteiger partial charge in [-0.25, -0.2) is 0 Å². The average molecular weight is 651 g/mol. The Labute approximate surface area is 286 Å². The topological polar surface area (TPSA) is 9.86 Å². The van der Waals surface area contributed by atoms with E-state index in [9.17, 15) is 0 Å². The zero-order valence-electron chi connectivity index (χ0n) is 26.6. The second-order valence-corrected chi connectivity index (χ2v) is 14.8. The lowest BCUT2D eigenvalue weighted by molar-refractivity contribution is 0.978. The molecule has 0 radical (unpaired) electrons. The van der Waals surface area contributed by atoms with E-state index in [4.69, 9.17) is 0 Å². The smallest absolute Gasteiger partial charge is 0.0542 e. The van der Waals surface area contributed by atoms with Crippen molar-refractivity contribution in [3.63, 3.8) is 0 Å². The van der Waals surface area contributed by atoms with Crippen molar-refractivity contribution in [3.05, 3.63) is 146 Å². The van der Waals surface area contributed by atoms with E-state index >= 15 is 0 Å². The number of fused-ring (bicyclic) bond motifs is 7. The van der Waals surface area contributed by atoms with Gasteiger partial charge in [0, 0.05) is 67.5 Å². The first-order chi connectivity index (χ1) is 23.6. The Morgan fingerprint density at radius 3 is 1.42 bits per heavy atom. The van der Waals surface area contributed by atoms with Gasteiger partial charge in [0.25, 0.3) is 0 Å². The summed E-state index contributed by atoms with van der Waals surface area (Å²) in [6.45, 7) is 0. The SMILES string of the molecule is Cn1c(-c2ccc(-c3ccc4c(c3)sc3c5cc(-c6ccc(-c7cc8ccccc8n7C)cc6)ccc5sc43)cc2)cc2ccccc21. The Kier molecular flexibility index (Phi) is 6.08. The molecule has 10 rings (SSSR count). The largest absolute Gasteiger partial charge is 0.344 e. The van der Waals surface area contributed by atoms with Crippen molar-refractivity contribution < 1.29 is 0 Å². The number of aromatic nitrogens is 2. The lowest BCUT2D eigenvalue weighted by atomic mass is 10.0. The molecule has 4 heterocycles. The van der Waals surface area contributed by atoms with Crippen molar-refractivity contribution in [1.82, 2.24) is 9.13 Å². The second kappa shape index (κ2) is 10.5. The minimum absolute atomic E-state index is 1.24. The lowest BCUT2D eigenvalue weighted by Crippen LogP contribution is -1.90. The highest BCUT2D eigenvalue weighted by atomic mass is 32.1. The molecule has 0 N–H and O–H groups in total. The number of thiophene rings is 2. The van der Waals surface area contributed by atoms with Crippen LogP contribution in [0.5, 0.6) is 0 Å². The number of hydrogen-bond donors (Lipinski definition) is 0. The van der Waals surface area contributed by atoms with Crippen LogP contribution in [0.3, 0.4) is 0 Å². The van der Waals surface area contributed by atoms with Crippen molar-refractivity contribution in [2.24, 2.45) is 14.1 Å². The Balaban J connectivity index is 0.979. The summed E-state index contributed by atoms with van der Waals surface area (Å²) >= 11 is 3.84. The molecule has 0 atom stereocenters. The molecule has 4 aromatic heterocycles. The van der Waals surface area contributed by atoms with Gasteiger partial charge >= 0.3 is 0 Å². The van der Waals surface area contributed by atoms with Gasteiger partial charge in [-0.15, -0.1) is 22.7 Å². The standard InChI is InChI=1S/C44H30N2S2/c1-45-37-9-5-3-7-33(37)24-39(45)29-15-11-27(12-16-29)31-20-22-41-36(23-31)44-43(47-41)35-21-19-32(26-42(35)48-44)28-13-17-30(18-14-28)40-25-34-8-4-6-10-38(34)46(40)2/h3-26H,1-2H3. The van der Waals surface area contributed by atoms with E-state index in [1.165, 1.54) is 96.1 Å². The number of nitrogens with zero attached hydrogens (tertiary/aromatic N) is 2. The lowest BCUT2D eigenvalue weighted by Gasteiger charge is -2.07. The molecule has 6 aromatic carbocycles. The molecule has 0 saturated heterocycles. The van der Waals surface area contributed by atoms with Crippen LogP contribution in [-0.4, -0.2) is 9.13 Å². The van der Waals surface area contributed by atoms with Gasteiger partial charge in [0.2, 0.25) is 0 Å². The molecule has 0 amide bonds. The molecule has 10 aromatic rings. The van der Waals surface area contributed by atoms with Crippen molar-refractivity contribution in [3.8, 4) is 44.8 Å². The first-order valence-electron chi connectivity index (χ1n) is 16.3. The van der Waals surface area contributed by atoms with Crippen LogP contribution in [-0.2, 0) is 14.1 Å². The highest BCUT2D eigenvalue weighted by Crippen LogP contribution is 2.46. The minimum atomic E-state index is 1.24. The van der Waals surface area contributed by atoms with Gasteiger partial charge < -0.3 is 9.13 Å². The molecule has 48 heavy (non-hydrogen) atoms. The second-order valence-electron chi connectivity index (χ2n) is 12.7. The number of benzene rings is 6. The Morgan fingerprint density at radius 2 is 0.833 bits per heavy atom. The number of para-hydroxylation sites is 2. The molecule has 0 aliphatic carbocycles. The quantitative estimate of drug-likeness (QED) is 0.179. The maximum absolute atomic E-state index is 2.39. The van der Waals surface area contributed by atoms with E-state index in [0.717, 1.165) is 0 Å². The molecule has 0 saturated carbocycles. The van der Waals surface area contributed by atoms with Gasteiger partial charge in [0.15, 0.2) is 0 Å². The normalized spacial score (nSPS) is 12.0. The minimum Gasteiger partial charge on any atom is -0.344 e. The van der Waals surface area contributed by atoms with Crippen molar-refractivity contribution in [1.29, 1.82) is 0 Å². The van der Waals surface area contributed by atoms with E-state index in [1.54, 1.807) is 0 Å². The molecule has 0 aliphatic heterocycles. The molecule has 4 heteroatoms. The van der Waals surface area contributed by atoms with E-state index in [-0.39, 0.29) is 0 Å².